The molecule has 29 heavy (non-hydrogen) atoms. The summed E-state index contributed by atoms with van der Waals surface area (Å²) in [5.41, 5.74) is 9.37. The lowest BCUT2D eigenvalue weighted by atomic mass is 10.1. The molecular formula is C24H25N5. The van der Waals surface area contributed by atoms with E-state index in [0.29, 0.717) is 5.69 Å². The van der Waals surface area contributed by atoms with E-state index in [0.717, 1.165) is 36.1 Å². The fourth-order valence-corrected chi connectivity index (χ4v) is 3.75. The molecule has 0 radical (unpaired) electrons. The van der Waals surface area contributed by atoms with Gasteiger partial charge in [0.15, 0.2) is 11.6 Å². The Bertz CT molecular complexity index is 1110. The third kappa shape index (κ3) is 3.47. The number of para-hydroxylation sites is 1. The Morgan fingerprint density at radius 1 is 0.724 bits per heavy atom. The molecule has 0 bridgehead atoms. The second-order valence-corrected chi connectivity index (χ2v) is 6.76. The number of hydrogen-bond acceptors (Lipinski definition) is 5. The molecule has 0 saturated carbocycles. The first kappa shape index (κ1) is 18.7. The maximum Gasteiger partial charge on any atom is 0.161 e. The summed E-state index contributed by atoms with van der Waals surface area (Å²) in [6.45, 7) is 5.70. The summed E-state index contributed by atoms with van der Waals surface area (Å²) in [7, 11) is 0. The van der Waals surface area contributed by atoms with Gasteiger partial charge in [-0.05, 0) is 37.4 Å². The Hall–Kier alpha value is -3.60. The van der Waals surface area contributed by atoms with Gasteiger partial charge in [-0.3, -0.25) is 0 Å². The Morgan fingerprint density at radius 3 is 2.07 bits per heavy atom. The van der Waals surface area contributed by atoms with E-state index < -0.39 is 0 Å². The smallest absolute Gasteiger partial charge is 0.161 e. The van der Waals surface area contributed by atoms with Gasteiger partial charge in [0, 0.05) is 24.2 Å². The lowest BCUT2D eigenvalue weighted by Gasteiger charge is -2.28. The highest BCUT2D eigenvalue weighted by Gasteiger charge is 2.20. The van der Waals surface area contributed by atoms with E-state index in [2.05, 4.69) is 88.2 Å². The van der Waals surface area contributed by atoms with E-state index in [1.165, 1.54) is 10.8 Å². The average Bonchev–Trinajstić information content (AvgIpc) is 2.78. The van der Waals surface area contributed by atoms with E-state index in [4.69, 9.17) is 5.73 Å². The van der Waals surface area contributed by atoms with E-state index in [1.54, 1.807) is 6.33 Å². The van der Waals surface area contributed by atoms with Crippen molar-refractivity contribution >= 4 is 39.5 Å². The number of aromatic nitrogens is 2. The number of nitrogen functional groups attached to an aromatic ring is 1. The van der Waals surface area contributed by atoms with Crippen LogP contribution in [0.15, 0.2) is 79.1 Å². The van der Waals surface area contributed by atoms with Crippen LogP contribution in [0.25, 0.3) is 10.8 Å². The van der Waals surface area contributed by atoms with Crippen LogP contribution in [0.3, 0.4) is 0 Å². The number of hydrogen-bond donors (Lipinski definition) is 1. The lowest BCUT2D eigenvalue weighted by molar-refractivity contribution is 0.951. The van der Waals surface area contributed by atoms with Crippen LogP contribution in [-0.4, -0.2) is 23.1 Å². The van der Waals surface area contributed by atoms with Crippen molar-refractivity contribution in [3.63, 3.8) is 0 Å². The Morgan fingerprint density at radius 2 is 1.34 bits per heavy atom. The van der Waals surface area contributed by atoms with Crippen LogP contribution in [-0.2, 0) is 0 Å². The third-order valence-corrected chi connectivity index (χ3v) is 5.11. The predicted octanol–water partition coefficient (Wildman–Crippen LogP) is 5.53. The molecule has 0 aliphatic carbocycles. The molecule has 4 aromatic rings. The summed E-state index contributed by atoms with van der Waals surface area (Å²) >= 11 is 0. The van der Waals surface area contributed by atoms with Gasteiger partial charge < -0.3 is 15.5 Å². The quantitative estimate of drug-likeness (QED) is 0.474. The minimum absolute atomic E-state index is 0.577. The first-order valence-electron chi connectivity index (χ1n) is 9.93. The fraction of sp³-hybridized carbons (Fsp3) is 0.167. The van der Waals surface area contributed by atoms with Gasteiger partial charge >= 0.3 is 0 Å². The second kappa shape index (κ2) is 8.19. The standard InChI is InChI=1S/C24H25N5/c1-3-28(19-13-6-5-7-14-19)23-22(25)24(27-17-26-23)29(4-2)21-16-10-12-18-11-8-9-15-20(18)21/h5-17H,3-4,25H2,1-2H3. The zero-order valence-electron chi connectivity index (χ0n) is 16.8. The number of fused-ring (bicyclic) bond motifs is 1. The molecule has 0 aliphatic rings. The van der Waals surface area contributed by atoms with Gasteiger partial charge in [0.1, 0.15) is 12.0 Å². The molecule has 0 amide bonds. The Labute approximate surface area is 171 Å². The molecule has 1 aromatic heterocycles. The normalized spacial score (nSPS) is 10.8. The maximum atomic E-state index is 6.65. The maximum absolute atomic E-state index is 6.65. The SMILES string of the molecule is CCN(c1ccccc1)c1ncnc(N(CC)c2cccc3ccccc23)c1N. The molecular weight excluding hydrogens is 358 g/mol. The van der Waals surface area contributed by atoms with Crippen LogP contribution in [0.5, 0.6) is 0 Å². The summed E-state index contributed by atoms with van der Waals surface area (Å²) in [6, 6.07) is 24.8. The van der Waals surface area contributed by atoms with E-state index in [1.807, 2.05) is 18.2 Å². The number of rotatable bonds is 6. The largest absolute Gasteiger partial charge is 0.393 e. The van der Waals surface area contributed by atoms with Gasteiger partial charge in [-0.25, -0.2) is 9.97 Å². The lowest BCUT2D eigenvalue weighted by Crippen LogP contribution is -2.23. The highest BCUT2D eigenvalue weighted by molar-refractivity contribution is 5.97. The molecule has 4 rings (SSSR count). The zero-order chi connectivity index (χ0) is 20.2. The molecule has 0 aliphatic heterocycles. The van der Waals surface area contributed by atoms with Crippen molar-refractivity contribution in [2.24, 2.45) is 0 Å². The van der Waals surface area contributed by atoms with Crippen molar-refractivity contribution < 1.29 is 0 Å². The van der Waals surface area contributed by atoms with Crippen molar-refractivity contribution in [3.8, 4) is 0 Å². The molecule has 0 fully saturated rings. The number of benzene rings is 3. The summed E-state index contributed by atoms with van der Waals surface area (Å²) in [6.07, 6.45) is 1.60. The summed E-state index contributed by atoms with van der Waals surface area (Å²) in [5.74, 6) is 1.45. The van der Waals surface area contributed by atoms with E-state index in [9.17, 15) is 0 Å². The Balaban J connectivity index is 1.83. The minimum atomic E-state index is 0.577. The molecule has 3 aromatic carbocycles. The van der Waals surface area contributed by atoms with Gasteiger partial charge in [-0.1, -0.05) is 54.6 Å². The van der Waals surface area contributed by atoms with E-state index in [-0.39, 0.29) is 0 Å². The van der Waals surface area contributed by atoms with Gasteiger partial charge in [0.05, 0.1) is 5.69 Å². The second-order valence-electron chi connectivity index (χ2n) is 6.76. The molecule has 0 spiro atoms. The van der Waals surface area contributed by atoms with Crippen molar-refractivity contribution in [1.29, 1.82) is 0 Å². The average molecular weight is 383 g/mol. The summed E-state index contributed by atoms with van der Waals surface area (Å²) < 4.78 is 0. The van der Waals surface area contributed by atoms with Crippen LogP contribution in [0, 0.1) is 0 Å². The summed E-state index contributed by atoms with van der Waals surface area (Å²) in [5, 5.41) is 2.36. The monoisotopic (exact) mass is 383 g/mol. The topological polar surface area (TPSA) is 58.3 Å². The first-order chi connectivity index (χ1) is 14.2. The highest BCUT2D eigenvalue weighted by atomic mass is 15.3. The molecule has 1 heterocycles. The van der Waals surface area contributed by atoms with Crippen LogP contribution in [0.4, 0.5) is 28.7 Å². The van der Waals surface area contributed by atoms with Gasteiger partial charge in [-0.15, -0.1) is 0 Å². The molecule has 0 saturated heterocycles. The minimum Gasteiger partial charge on any atom is -0.393 e. The molecule has 5 nitrogen and oxygen atoms in total. The third-order valence-electron chi connectivity index (χ3n) is 5.11. The first-order valence-corrected chi connectivity index (χ1v) is 9.93. The molecule has 0 unspecified atom stereocenters. The van der Waals surface area contributed by atoms with Crippen molar-refractivity contribution in [2.75, 3.05) is 28.6 Å². The van der Waals surface area contributed by atoms with Crippen molar-refractivity contribution in [1.82, 2.24) is 9.97 Å². The van der Waals surface area contributed by atoms with Crippen molar-refractivity contribution in [3.05, 3.63) is 79.1 Å². The van der Waals surface area contributed by atoms with Crippen LogP contribution < -0.4 is 15.5 Å². The van der Waals surface area contributed by atoms with Crippen LogP contribution in [0.2, 0.25) is 0 Å². The molecule has 0 atom stereocenters. The highest BCUT2D eigenvalue weighted by Crippen LogP contribution is 2.38. The summed E-state index contributed by atoms with van der Waals surface area (Å²) in [4.78, 5) is 13.4. The number of nitrogens with zero attached hydrogens (tertiary/aromatic N) is 4. The molecule has 146 valence electrons. The molecule has 5 heteroatoms. The number of nitrogens with two attached hydrogens (primary N) is 1. The van der Waals surface area contributed by atoms with Crippen molar-refractivity contribution in [2.45, 2.75) is 13.8 Å². The van der Waals surface area contributed by atoms with Gasteiger partial charge in [-0.2, -0.15) is 0 Å². The fourth-order valence-electron chi connectivity index (χ4n) is 3.75. The van der Waals surface area contributed by atoms with Crippen LogP contribution in [0.1, 0.15) is 13.8 Å². The Kier molecular flexibility index (Phi) is 5.29. The van der Waals surface area contributed by atoms with E-state index >= 15 is 0 Å². The predicted molar refractivity (Wildman–Crippen MR) is 122 cm³/mol. The number of anilines is 5. The zero-order valence-corrected chi connectivity index (χ0v) is 16.8. The van der Waals surface area contributed by atoms with Gasteiger partial charge in [0.2, 0.25) is 0 Å². The molecule has 2 N–H and O–H groups in total. The van der Waals surface area contributed by atoms with Gasteiger partial charge in [0.25, 0.3) is 0 Å². The van der Waals surface area contributed by atoms with Crippen LogP contribution >= 0.6 is 0 Å².